The minimum Gasteiger partial charge on any atom is -0.510 e. The number of aromatic hydroxyl groups is 1. The monoisotopic (exact) mass is 529 g/mol. The van der Waals surface area contributed by atoms with E-state index in [-0.39, 0.29) is 35.3 Å². The Labute approximate surface area is 220 Å². The predicted octanol–water partition coefficient (Wildman–Crippen LogP) is 1.02. The molecule has 11 nitrogen and oxygen atoms in total. The van der Waals surface area contributed by atoms with Crippen molar-refractivity contribution in [1.29, 1.82) is 0 Å². The number of aliphatic hydroxyl groups is 3. The molecule has 4 atom stereocenters. The number of methoxy groups -OCH3 is 1. The zero-order chi connectivity index (χ0) is 28.5. The first-order chi connectivity index (χ1) is 17.6. The maximum Gasteiger partial charge on any atom is 0.255 e. The van der Waals surface area contributed by atoms with E-state index in [2.05, 4.69) is 5.32 Å². The number of nitrogens with zero attached hydrogens (tertiary/aromatic N) is 1. The highest BCUT2D eigenvalue weighted by molar-refractivity contribution is 6.24. The Morgan fingerprint density at radius 2 is 1.87 bits per heavy atom. The van der Waals surface area contributed by atoms with E-state index in [9.17, 15) is 34.8 Å². The van der Waals surface area contributed by atoms with Crippen molar-refractivity contribution in [2.75, 3.05) is 21.2 Å². The number of fused-ring (bicyclic) bond motifs is 3. The van der Waals surface area contributed by atoms with Crippen LogP contribution in [-0.2, 0) is 22.6 Å². The third kappa shape index (κ3) is 3.96. The average molecular weight is 530 g/mol. The van der Waals surface area contributed by atoms with Gasteiger partial charge >= 0.3 is 0 Å². The molecule has 1 aromatic carbocycles. The predicted molar refractivity (Wildman–Crippen MR) is 137 cm³/mol. The second-order valence-electron chi connectivity index (χ2n) is 11.5. The second kappa shape index (κ2) is 9.11. The van der Waals surface area contributed by atoms with Crippen molar-refractivity contribution >= 4 is 17.5 Å². The van der Waals surface area contributed by atoms with Gasteiger partial charge in [-0.05, 0) is 59.7 Å². The van der Waals surface area contributed by atoms with Gasteiger partial charge < -0.3 is 36.2 Å². The highest BCUT2D eigenvalue weighted by Gasteiger charge is 2.63. The standard InChI is InChI=1S/C27H35N3O8/c1-26(2,3)29-10-12-9-15(31)17-13(22(12)38-6)7-11-8-14-19(30(4)5)21(33)18(25(28)36)24(35)27(14,37)23(34)16(11)20(17)32/h9,11,14,19,29,31,33-34,37H,7-8,10H2,1-6H3,(H2,28,36)/t11-,14-,19-,27-/m0/s1. The molecular weight excluding hydrogens is 494 g/mol. The number of hydrogen-bond donors (Lipinski definition) is 6. The van der Waals surface area contributed by atoms with Gasteiger partial charge in [-0.2, -0.15) is 0 Å². The first kappa shape index (κ1) is 27.6. The molecule has 0 radical (unpaired) electrons. The highest BCUT2D eigenvalue weighted by atomic mass is 16.5. The number of phenols is 1. The topological polar surface area (TPSA) is 183 Å². The van der Waals surface area contributed by atoms with Gasteiger partial charge in [-0.3, -0.25) is 19.3 Å². The number of ketones is 2. The minimum absolute atomic E-state index is 0.0140. The van der Waals surface area contributed by atoms with Crippen LogP contribution in [-0.4, -0.2) is 81.2 Å². The summed E-state index contributed by atoms with van der Waals surface area (Å²) in [4.78, 5) is 40.7. The lowest BCUT2D eigenvalue weighted by Crippen LogP contribution is -2.63. The van der Waals surface area contributed by atoms with Crippen molar-refractivity contribution in [2.45, 2.75) is 57.3 Å². The third-order valence-electron chi connectivity index (χ3n) is 7.76. The number of carbonyl (C=O) groups excluding carboxylic acids is 3. The molecule has 4 rings (SSSR count). The van der Waals surface area contributed by atoms with Gasteiger partial charge in [0.05, 0.1) is 18.7 Å². The molecule has 0 bridgehead atoms. The normalized spacial score (nSPS) is 27.3. The minimum atomic E-state index is -2.67. The first-order valence-electron chi connectivity index (χ1n) is 12.4. The van der Waals surface area contributed by atoms with Gasteiger partial charge in [0.25, 0.3) is 5.91 Å². The molecule has 206 valence electrons. The van der Waals surface area contributed by atoms with Crippen molar-refractivity contribution in [3.05, 3.63) is 45.4 Å². The van der Waals surface area contributed by atoms with Gasteiger partial charge in [0.1, 0.15) is 28.6 Å². The third-order valence-corrected chi connectivity index (χ3v) is 7.76. The summed E-state index contributed by atoms with van der Waals surface area (Å²) in [5.74, 6) is -6.42. The zero-order valence-corrected chi connectivity index (χ0v) is 22.4. The second-order valence-corrected chi connectivity index (χ2v) is 11.5. The van der Waals surface area contributed by atoms with Crippen LogP contribution < -0.4 is 15.8 Å². The first-order valence-corrected chi connectivity index (χ1v) is 12.4. The van der Waals surface area contributed by atoms with Crippen LogP contribution in [0.25, 0.3) is 0 Å². The summed E-state index contributed by atoms with van der Waals surface area (Å²) < 4.78 is 5.69. The number of primary amides is 1. The Bertz CT molecular complexity index is 1310. The summed E-state index contributed by atoms with van der Waals surface area (Å²) in [5, 5.41) is 48.1. The molecule has 0 aromatic heterocycles. The quantitative estimate of drug-likeness (QED) is 0.301. The molecular formula is C27H35N3O8. The van der Waals surface area contributed by atoms with Crippen LogP contribution in [0.1, 0.15) is 48.7 Å². The fraction of sp³-hybridized carbons (Fsp3) is 0.519. The molecule has 0 aliphatic heterocycles. The van der Waals surface area contributed by atoms with Crippen molar-refractivity contribution in [3.63, 3.8) is 0 Å². The van der Waals surface area contributed by atoms with Crippen LogP contribution in [0.15, 0.2) is 28.7 Å². The lowest BCUT2D eigenvalue weighted by atomic mass is 9.58. The number of rotatable bonds is 5. The van der Waals surface area contributed by atoms with E-state index in [1.54, 1.807) is 14.1 Å². The van der Waals surface area contributed by atoms with Gasteiger partial charge in [-0.1, -0.05) is 0 Å². The highest BCUT2D eigenvalue weighted by Crippen LogP contribution is 2.53. The molecule has 1 amide bonds. The fourth-order valence-electron chi connectivity index (χ4n) is 6.11. The molecule has 0 fully saturated rings. The summed E-state index contributed by atoms with van der Waals surface area (Å²) in [6.07, 6.45) is 0.175. The number of Topliss-reactive ketones (excluding diaryl/α,β-unsaturated/α-hetero) is 2. The molecule has 11 heteroatoms. The maximum absolute atomic E-state index is 13.8. The molecule has 0 heterocycles. The zero-order valence-electron chi connectivity index (χ0n) is 22.4. The Hall–Kier alpha value is -3.41. The summed E-state index contributed by atoms with van der Waals surface area (Å²) in [5.41, 5.74) is 2.43. The molecule has 1 aromatic rings. The van der Waals surface area contributed by atoms with Crippen molar-refractivity contribution in [2.24, 2.45) is 17.6 Å². The summed E-state index contributed by atoms with van der Waals surface area (Å²) >= 11 is 0. The van der Waals surface area contributed by atoms with Crippen molar-refractivity contribution in [3.8, 4) is 11.5 Å². The number of carbonyl (C=O) groups is 3. The summed E-state index contributed by atoms with van der Waals surface area (Å²) in [7, 11) is 4.64. The number of amides is 1. The van der Waals surface area contributed by atoms with Crippen LogP contribution in [0.5, 0.6) is 11.5 Å². The van der Waals surface area contributed by atoms with E-state index in [1.807, 2.05) is 20.8 Å². The number of aliphatic hydroxyl groups excluding tert-OH is 2. The number of allylic oxidation sites excluding steroid dienone is 1. The molecule has 3 aliphatic rings. The summed E-state index contributed by atoms with van der Waals surface area (Å²) in [6.45, 7) is 6.33. The van der Waals surface area contributed by atoms with E-state index in [4.69, 9.17) is 10.5 Å². The van der Waals surface area contributed by atoms with E-state index in [0.29, 0.717) is 23.4 Å². The van der Waals surface area contributed by atoms with Crippen LogP contribution in [0.4, 0.5) is 0 Å². The van der Waals surface area contributed by atoms with Crippen LogP contribution >= 0.6 is 0 Å². The molecule has 0 saturated heterocycles. The number of phenolic OH excluding ortho intramolecular Hbond substituents is 1. The maximum atomic E-state index is 13.8. The van der Waals surface area contributed by atoms with E-state index < -0.39 is 58.0 Å². The lowest BCUT2D eigenvalue weighted by Gasteiger charge is -2.50. The molecule has 0 unspecified atom stereocenters. The van der Waals surface area contributed by atoms with Gasteiger partial charge in [0.2, 0.25) is 5.78 Å². The Morgan fingerprint density at radius 3 is 2.39 bits per heavy atom. The Morgan fingerprint density at radius 1 is 1.24 bits per heavy atom. The molecule has 7 N–H and O–H groups in total. The van der Waals surface area contributed by atoms with E-state index in [0.717, 1.165) is 0 Å². The van der Waals surface area contributed by atoms with Gasteiger partial charge in [0, 0.05) is 34.7 Å². The Kier molecular flexibility index (Phi) is 6.62. The number of hydrogen-bond acceptors (Lipinski definition) is 10. The van der Waals surface area contributed by atoms with Crippen molar-refractivity contribution in [1.82, 2.24) is 10.2 Å². The molecule has 0 spiro atoms. The smallest absolute Gasteiger partial charge is 0.255 e. The number of benzene rings is 1. The van der Waals surface area contributed by atoms with Gasteiger partial charge in [-0.15, -0.1) is 0 Å². The average Bonchev–Trinajstić information content (AvgIpc) is 2.79. The largest absolute Gasteiger partial charge is 0.510 e. The number of nitrogens with one attached hydrogen (secondary N) is 1. The van der Waals surface area contributed by atoms with Crippen LogP contribution in [0.3, 0.4) is 0 Å². The van der Waals surface area contributed by atoms with E-state index in [1.165, 1.54) is 18.1 Å². The molecule has 3 aliphatic carbocycles. The lowest BCUT2D eigenvalue weighted by molar-refractivity contribution is -0.148. The van der Waals surface area contributed by atoms with Gasteiger partial charge in [0.15, 0.2) is 11.4 Å². The number of likely N-dealkylation sites (N-methyl/N-ethyl adjacent to an activating group) is 1. The number of ether oxygens (including phenoxy) is 1. The number of nitrogens with two attached hydrogens (primary N) is 1. The van der Waals surface area contributed by atoms with Crippen LogP contribution in [0.2, 0.25) is 0 Å². The molecule has 0 saturated carbocycles. The van der Waals surface area contributed by atoms with E-state index >= 15 is 0 Å². The van der Waals surface area contributed by atoms with Crippen molar-refractivity contribution < 1.29 is 39.5 Å². The summed E-state index contributed by atoms with van der Waals surface area (Å²) in [6, 6.07) is 0.380. The Balaban J connectivity index is 1.91. The SMILES string of the molecule is COc1c(CNC(C)(C)C)cc(O)c2c1C[C@H]1C[C@H]3[C@H](N(C)C)C(O)=C(C(N)=O)C(=O)[C@@]3(O)C(O)=C1C2=O. The fourth-order valence-corrected chi connectivity index (χ4v) is 6.11. The molecule has 38 heavy (non-hydrogen) atoms. The van der Waals surface area contributed by atoms with Crippen LogP contribution in [0, 0.1) is 11.8 Å². The van der Waals surface area contributed by atoms with Gasteiger partial charge in [-0.25, -0.2) is 0 Å².